The van der Waals surface area contributed by atoms with Crippen molar-refractivity contribution in [2.75, 3.05) is 0 Å². The molecule has 0 spiro atoms. The molecule has 0 aromatic heterocycles. The van der Waals surface area contributed by atoms with Crippen molar-refractivity contribution < 1.29 is 22.7 Å². The first-order valence-corrected chi connectivity index (χ1v) is 15.1. The molecule has 2 aromatic carbocycles. The number of rotatable bonds is 8. The normalized spacial score (nSPS) is 22.1. The summed E-state index contributed by atoms with van der Waals surface area (Å²) in [6.45, 7) is 14.3. The van der Waals surface area contributed by atoms with E-state index in [-0.39, 0.29) is 18.5 Å². The van der Waals surface area contributed by atoms with Crippen LogP contribution in [-0.4, -0.2) is 32.6 Å². The molecule has 1 saturated heterocycles. The number of amides is 1. The SMILES string of the molecule is CC(C)[Si](Oc1cccc2c1CN[C@@H]([C@H]1OC(=O)N[C@H]1Cc1cc(F)cc(F)c1)C2)(C(C)C)C(C)C. The molecule has 8 heteroatoms. The molecule has 2 heterocycles. The number of hydrogen-bond donors (Lipinski definition) is 2. The zero-order chi connectivity index (χ0) is 26.2. The Hall–Kier alpha value is -2.45. The van der Waals surface area contributed by atoms with Crippen LogP contribution in [0.1, 0.15) is 58.2 Å². The number of benzene rings is 2. The van der Waals surface area contributed by atoms with Gasteiger partial charge in [-0.2, -0.15) is 0 Å². The molecule has 36 heavy (non-hydrogen) atoms. The average molecular weight is 517 g/mol. The van der Waals surface area contributed by atoms with Crippen LogP contribution in [0, 0.1) is 11.6 Å². The summed E-state index contributed by atoms with van der Waals surface area (Å²) >= 11 is 0. The van der Waals surface area contributed by atoms with Crippen molar-refractivity contribution in [2.45, 2.75) is 95.7 Å². The van der Waals surface area contributed by atoms with Crippen LogP contribution < -0.4 is 15.1 Å². The molecule has 0 radical (unpaired) electrons. The minimum Gasteiger partial charge on any atom is -0.542 e. The van der Waals surface area contributed by atoms with Crippen molar-refractivity contribution in [1.29, 1.82) is 0 Å². The maximum absolute atomic E-state index is 13.7. The molecule has 0 aliphatic carbocycles. The minimum atomic E-state index is -2.11. The molecule has 2 aliphatic heterocycles. The van der Waals surface area contributed by atoms with Gasteiger partial charge in [0.05, 0.1) is 12.1 Å². The summed E-state index contributed by atoms with van der Waals surface area (Å²) in [6.07, 6.45) is -0.0187. The number of nitrogens with one attached hydrogen (secondary N) is 2. The Morgan fingerprint density at radius 1 is 1.03 bits per heavy atom. The third-order valence-corrected chi connectivity index (χ3v) is 13.9. The molecule has 0 saturated carbocycles. The van der Waals surface area contributed by atoms with Crippen molar-refractivity contribution in [3.05, 3.63) is 64.7 Å². The van der Waals surface area contributed by atoms with Gasteiger partial charge in [0.1, 0.15) is 23.5 Å². The van der Waals surface area contributed by atoms with Gasteiger partial charge < -0.3 is 19.8 Å². The van der Waals surface area contributed by atoms with Crippen LogP contribution >= 0.6 is 0 Å². The summed E-state index contributed by atoms with van der Waals surface area (Å²) in [7, 11) is -2.11. The van der Waals surface area contributed by atoms with E-state index >= 15 is 0 Å². The maximum Gasteiger partial charge on any atom is 0.407 e. The van der Waals surface area contributed by atoms with E-state index in [1.165, 1.54) is 17.7 Å². The lowest BCUT2D eigenvalue weighted by atomic mass is 9.88. The molecule has 2 N–H and O–H groups in total. The highest BCUT2D eigenvalue weighted by atomic mass is 28.4. The summed E-state index contributed by atoms with van der Waals surface area (Å²) < 4.78 is 40.1. The van der Waals surface area contributed by atoms with Crippen molar-refractivity contribution in [3.8, 4) is 5.75 Å². The van der Waals surface area contributed by atoms with E-state index in [1.807, 2.05) is 6.07 Å². The van der Waals surface area contributed by atoms with E-state index in [2.05, 4.69) is 64.3 Å². The predicted octanol–water partition coefficient (Wildman–Crippen LogP) is 6.25. The van der Waals surface area contributed by atoms with Crippen molar-refractivity contribution in [1.82, 2.24) is 10.6 Å². The van der Waals surface area contributed by atoms with Gasteiger partial charge in [-0.3, -0.25) is 0 Å². The zero-order valence-electron chi connectivity index (χ0n) is 22.0. The van der Waals surface area contributed by atoms with Gasteiger partial charge in [-0.1, -0.05) is 53.7 Å². The van der Waals surface area contributed by atoms with Crippen LogP contribution in [0.4, 0.5) is 13.6 Å². The maximum atomic E-state index is 13.7. The van der Waals surface area contributed by atoms with E-state index in [9.17, 15) is 13.6 Å². The van der Waals surface area contributed by atoms with Gasteiger partial charge in [0, 0.05) is 18.2 Å². The first kappa shape index (κ1) is 26.6. The molecule has 0 unspecified atom stereocenters. The van der Waals surface area contributed by atoms with Gasteiger partial charge in [-0.05, 0) is 58.8 Å². The topological polar surface area (TPSA) is 59.6 Å². The molecule has 0 bridgehead atoms. The van der Waals surface area contributed by atoms with Gasteiger partial charge in [-0.15, -0.1) is 0 Å². The van der Waals surface area contributed by atoms with E-state index in [0.717, 1.165) is 17.4 Å². The standard InChI is InChI=1S/C28H38F2N2O3Si/c1-16(2)36(17(3)4,18(5)6)35-26-9-7-8-20-13-24(31-15-23(20)26)27-25(32-28(33)34-27)12-19-10-21(29)14-22(30)11-19/h7-11,14,16-18,24-25,27,31H,12-13,15H2,1-6H3,(H,32,33)/t24-,25+,27-/m1/s1. The molecular formula is C28H38F2N2O3Si. The summed E-state index contributed by atoms with van der Waals surface area (Å²) in [4.78, 5) is 12.2. The third-order valence-electron chi connectivity index (χ3n) is 7.92. The number of cyclic esters (lactones) is 1. The lowest BCUT2D eigenvalue weighted by molar-refractivity contribution is 0.101. The molecule has 1 amide bonds. The Labute approximate surface area is 214 Å². The number of hydrogen-bond acceptors (Lipinski definition) is 4. The van der Waals surface area contributed by atoms with Gasteiger partial charge >= 0.3 is 6.09 Å². The summed E-state index contributed by atoms with van der Waals surface area (Å²) in [6, 6.07) is 9.16. The second kappa shape index (κ2) is 10.5. The molecular weight excluding hydrogens is 478 g/mol. The fraction of sp³-hybridized carbons (Fsp3) is 0.536. The molecule has 1 fully saturated rings. The van der Waals surface area contributed by atoms with Crippen molar-refractivity contribution in [3.63, 3.8) is 0 Å². The predicted molar refractivity (Wildman–Crippen MR) is 140 cm³/mol. The molecule has 196 valence electrons. The van der Waals surface area contributed by atoms with Crippen LogP contribution in [0.15, 0.2) is 36.4 Å². The summed E-state index contributed by atoms with van der Waals surface area (Å²) in [5.74, 6) is -0.310. The molecule has 2 aromatic rings. The van der Waals surface area contributed by atoms with Crippen molar-refractivity contribution in [2.24, 2.45) is 0 Å². The summed E-state index contributed by atoms with van der Waals surface area (Å²) in [5.41, 5.74) is 4.22. The Balaban J connectivity index is 1.56. The van der Waals surface area contributed by atoms with Gasteiger partial charge in [0.15, 0.2) is 0 Å². The van der Waals surface area contributed by atoms with E-state index < -0.39 is 32.1 Å². The van der Waals surface area contributed by atoms with Gasteiger partial charge in [0.2, 0.25) is 0 Å². The summed E-state index contributed by atoms with van der Waals surface area (Å²) in [5, 5.41) is 6.39. The fourth-order valence-electron chi connectivity index (χ4n) is 6.40. The van der Waals surface area contributed by atoms with Crippen LogP contribution in [0.25, 0.3) is 0 Å². The number of alkyl carbamates (subject to hydrolysis) is 1. The lowest BCUT2D eigenvalue weighted by Gasteiger charge is -2.43. The van der Waals surface area contributed by atoms with Crippen LogP contribution in [0.3, 0.4) is 0 Å². The molecule has 4 rings (SSSR count). The van der Waals surface area contributed by atoms with Gasteiger partial charge in [-0.25, -0.2) is 13.6 Å². The highest BCUT2D eigenvalue weighted by Gasteiger charge is 2.48. The average Bonchev–Trinajstić information content (AvgIpc) is 3.15. The minimum absolute atomic E-state index is 0.127. The van der Waals surface area contributed by atoms with Crippen LogP contribution in [-0.2, 0) is 24.1 Å². The fourth-order valence-corrected chi connectivity index (χ4v) is 11.7. The zero-order valence-corrected chi connectivity index (χ0v) is 23.0. The Bertz CT molecular complexity index is 1070. The second-order valence-electron chi connectivity index (χ2n) is 11.1. The van der Waals surface area contributed by atoms with E-state index in [4.69, 9.17) is 9.16 Å². The first-order chi connectivity index (χ1) is 17.0. The Morgan fingerprint density at radius 3 is 2.28 bits per heavy atom. The molecule has 5 nitrogen and oxygen atoms in total. The lowest BCUT2D eigenvalue weighted by Crippen LogP contribution is -2.52. The van der Waals surface area contributed by atoms with Crippen LogP contribution in [0.5, 0.6) is 5.75 Å². The first-order valence-electron chi connectivity index (χ1n) is 13.0. The smallest absolute Gasteiger partial charge is 0.407 e. The quantitative estimate of drug-likeness (QED) is 0.407. The number of carbonyl (C=O) groups excluding carboxylic acids is 1. The largest absolute Gasteiger partial charge is 0.542 e. The molecule has 3 atom stereocenters. The van der Waals surface area contributed by atoms with Gasteiger partial charge in [0.25, 0.3) is 8.32 Å². The number of ether oxygens (including phenoxy) is 1. The highest BCUT2D eigenvalue weighted by Crippen LogP contribution is 2.44. The number of fused-ring (bicyclic) bond motifs is 1. The van der Waals surface area contributed by atoms with E-state index in [1.54, 1.807) is 0 Å². The highest BCUT2D eigenvalue weighted by molar-refractivity contribution is 6.78. The van der Waals surface area contributed by atoms with Crippen molar-refractivity contribution >= 4 is 14.4 Å². The van der Waals surface area contributed by atoms with Crippen LogP contribution in [0.2, 0.25) is 16.6 Å². The Kier molecular flexibility index (Phi) is 7.76. The third kappa shape index (κ3) is 5.16. The van der Waals surface area contributed by atoms with E-state index in [0.29, 0.717) is 35.2 Å². The number of halogens is 2. The molecule has 2 aliphatic rings. The monoisotopic (exact) mass is 516 g/mol. The Morgan fingerprint density at radius 2 is 1.67 bits per heavy atom. The number of carbonyl (C=O) groups is 1. The second-order valence-corrected chi connectivity index (χ2v) is 16.5.